The molecule has 27 heavy (non-hydrogen) atoms. The highest BCUT2D eigenvalue weighted by Gasteiger charge is 2.10. The Morgan fingerprint density at radius 3 is 2.33 bits per heavy atom. The predicted molar refractivity (Wildman–Crippen MR) is 93.2 cm³/mol. The minimum atomic E-state index is -2.91. The van der Waals surface area contributed by atoms with E-state index in [1.807, 2.05) is 0 Å². The molecular formula is C18H19F4N3O2. The second-order valence-electron chi connectivity index (χ2n) is 5.29. The Morgan fingerprint density at radius 2 is 1.63 bits per heavy atom. The highest BCUT2D eigenvalue weighted by atomic mass is 19.3. The van der Waals surface area contributed by atoms with Crippen molar-refractivity contribution in [3.05, 3.63) is 59.7 Å². The van der Waals surface area contributed by atoms with Gasteiger partial charge in [-0.25, -0.2) is 0 Å². The van der Waals surface area contributed by atoms with Crippen LogP contribution in [0.5, 0.6) is 11.5 Å². The molecule has 2 aromatic carbocycles. The van der Waals surface area contributed by atoms with E-state index in [0.717, 1.165) is 0 Å². The van der Waals surface area contributed by atoms with Gasteiger partial charge >= 0.3 is 13.2 Å². The molecule has 2 N–H and O–H groups in total. The van der Waals surface area contributed by atoms with Crippen LogP contribution in [0.15, 0.2) is 53.5 Å². The quantitative estimate of drug-likeness (QED) is 0.413. The third-order valence-corrected chi connectivity index (χ3v) is 3.44. The molecule has 0 atom stereocenters. The van der Waals surface area contributed by atoms with Crippen LogP contribution >= 0.6 is 0 Å². The number of nitrogens with zero attached hydrogens (tertiary/aromatic N) is 1. The number of benzene rings is 2. The molecule has 5 nitrogen and oxygen atoms in total. The molecule has 0 amide bonds. The van der Waals surface area contributed by atoms with Crippen LogP contribution in [-0.2, 0) is 13.1 Å². The van der Waals surface area contributed by atoms with Crippen molar-refractivity contribution in [3.63, 3.8) is 0 Å². The summed E-state index contributed by atoms with van der Waals surface area (Å²) in [4.78, 5) is 4.03. The molecule has 0 unspecified atom stereocenters. The smallest absolute Gasteiger partial charge is 0.387 e. The van der Waals surface area contributed by atoms with E-state index in [1.54, 1.807) is 37.4 Å². The Labute approximate surface area is 154 Å². The van der Waals surface area contributed by atoms with Gasteiger partial charge in [0.1, 0.15) is 11.5 Å². The minimum Gasteiger partial charge on any atom is -0.435 e. The molecule has 2 rings (SSSR count). The van der Waals surface area contributed by atoms with E-state index >= 15 is 0 Å². The first kappa shape index (κ1) is 20.3. The van der Waals surface area contributed by atoms with E-state index in [2.05, 4.69) is 25.1 Å². The van der Waals surface area contributed by atoms with E-state index in [9.17, 15) is 17.6 Å². The van der Waals surface area contributed by atoms with Crippen LogP contribution in [0, 0.1) is 0 Å². The number of ether oxygens (including phenoxy) is 2. The second-order valence-corrected chi connectivity index (χ2v) is 5.29. The minimum absolute atomic E-state index is 0.0605. The number of para-hydroxylation sites is 1. The number of hydrogen-bond donors (Lipinski definition) is 2. The molecule has 146 valence electrons. The number of hydrogen-bond acceptors (Lipinski definition) is 3. The zero-order valence-corrected chi connectivity index (χ0v) is 14.5. The number of nitrogens with one attached hydrogen (secondary N) is 2. The Morgan fingerprint density at radius 1 is 0.926 bits per heavy atom. The molecular weight excluding hydrogens is 366 g/mol. The summed E-state index contributed by atoms with van der Waals surface area (Å²) in [6.45, 7) is -5.30. The molecule has 0 radical (unpaired) electrons. The van der Waals surface area contributed by atoms with E-state index in [1.165, 1.54) is 18.2 Å². The van der Waals surface area contributed by atoms with E-state index < -0.39 is 13.2 Å². The zero-order chi connectivity index (χ0) is 19.6. The van der Waals surface area contributed by atoms with Crippen LogP contribution in [0.1, 0.15) is 11.1 Å². The van der Waals surface area contributed by atoms with Crippen molar-refractivity contribution >= 4 is 5.96 Å². The lowest BCUT2D eigenvalue weighted by Gasteiger charge is -2.15. The maximum atomic E-state index is 12.4. The molecule has 0 bridgehead atoms. The first-order valence-corrected chi connectivity index (χ1v) is 7.99. The number of guanidine groups is 1. The van der Waals surface area contributed by atoms with Crippen molar-refractivity contribution in [2.45, 2.75) is 26.3 Å². The van der Waals surface area contributed by atoms with Crippen LogP contribution in [0.3, 0.4) is 0 Å². The van der Waals surface area contributed by atoms with Gasteiger partial charge in [0.15, 0.2) is 5.96 Å². The first-order chi connectivity index (χ1) is 13.0. The fourth-order valence-electron chi connectivity index (χ4n) is 2.28. The highest BCUT2D eigenvalue weighted by Crippen LogP contribution is 2.20. The summed E-state index contributed by atoms with van der Waals surface area (Å²) in [7, 11) is 1.55. The third-order valence-electron chi connectivity index (χ3n) is 3.44. The molecule has 0 aliphatic carbocycles. The molecule has 0 aromatic heterocycles. The summed E-state index contributed by atoms with van der Waals surface area (Å²) in [6, 6.07) is 12.7. The molecule has 2 aromatic rings. The Balaban J connectivity index is 1.92. The Hall–Kier alpha value is -2.97. The topological polar surface area (TPSA) is 54.9 Å². The summed E-state index contributed by atoms with van der Waals surface area (Å²) in [5.74, 6) is 0.541. The average molecular weight is 385 g/mol. The number of halogens is 4. The fraction of sp³-hybridized carbons (Fsp3) is 0.278. The molecule has 0 spiro atoms. The Kier molecular flexibility index (Phi) is 7.72. The van der Waals surface area contributed by atoms with Gasteiger partial charge in [-0.1, -0.05) is 30.3 Å². The van der Waals surface area contributed by atoms with Gasteiger partial charge in [-0.3, -0.25) is 4.99 Å². The van der Waals surface area contributed by atoms with E-state index in [-0.39, 0.29) is 18.0 Å². The van der Waals surface area contributed by atoms with Crippen LogP contribution in [0.4, 0.5) is 17.6 Å². The van der Waals surface area contributed by atoms with Crippen molar-refractivity contribution < 1.29 is 27.0 Å². The SMILES string of the molecule is CN=C(NCc1cccc(OC(F)F)c1)NCc1ccccc1OC(F)F. The summed E-state index contributed by atoms with van der Waals surface area (Å²) in [5.41, 5.74) is 1.24. The van der Waals surface area contributed by atoms with Crippen molar-refractivity contribution in [1.29, 1.82) is 0 Å². The normalized spacial score (nSPS) is 11.6. The molecule has 0 saturated carbocycles. The van der Waals surface area contributed by atoms with Gasteiger partial charge in [0.05, 0.1) is 0 Å². The molecule has 0 saturated heterocycles. The van der Waals surface area contributed by atoms with Crippen LogP contribution in [0.2, 0.25) is 0 Å². The summed E-state index contributed by atoms with van der Waals surface area (Å²) < 4.78 is 58.3. The van der Waals surface area contributed by atoms with Gasteiger partial charge in [-0.2, -0.15) is 17.6 Å². The monoisotopic (exact) mass is 385 g/mol. The van der Waals surface area contributed by atoms with Crippen molar-refractivity contribution in [1.82, 2.24) is 10.6 Å². The predicted octanol–water partition coefficient (Wildman–Crippen LogP) is 3.75. The van der Waals surface area contributed by atoms with Gasteiger partial charge in [-0.05, 0) is 23.8 Å². The summed E-state index contributed by atoms with van der Waals surface area (Å²) in [6.07, 6.45) is 0. The van der Waals surface area contributed by atoms with Crippen LogP contribution < -0.4 is 20.1 Å². The lowest BCUT2D eigenvalue weighted by molar-refractivity contribution is -0.0509. The van der Waals surface area contributed by atoms with E-state index in [4.69, 9.17) is 0 Å². The summed E-state index contributed by atoms with van der Waals surface area (Å²) in [5, 5.41) is 5.98. The lowest BCUT2D eigenvalue weighted by atomic mass is 10.2. The highest BCUT2D eigenvalue weighted by molar-refractivity contribution is 5.79. The van der Waals surface area contributed by atoms with Gasteiger partial charge in [0.25, 0.3) is 0 Å². The van der Waals surface area contributed by atoms with Gasteiger partial charge in [0, 0.05) is 25.7 Å². The third kappa shape index (κ3) is 7.04. The zero-order valence-electron chi connectivity index (χ0n) is 14.5. The maximum Gasteiger partial charge on any atom is 0.387 e. The Bertz CT molecular complexity index is 757. The molecule has 9 heteroatoms. The maximum absolute atomic E-state index is 12.4. The molecule has 0 heterocycles. The van der Waals surface area contributed by atoms with E-state index in [0.29, 0.717) is 23.6 Å². The average Bonchev–Trinajstić information content (AvgIpc) is 2.62. The van der Waals surface area contributed by atoms with Gasteiger partial charge in [0.2, 0.25) is 0 Å². The second kappa shape index (κ2) is 10.2. The number of rotatable bonds is 8. The van der Waals surface area contributed by atoms with Crippen LogP contribution in [-0.4, -0.2) is 26.2 Å². The molecule has 0 aliphatic rings. The lowest BCUT2D eigenvalue weighted by Crippen LogP contribution is -2.36. The fourth-order valence-corrected chi connectivity index (χ4v) is 2.28. The van der Waals surface area contributed by atoms with Gasteiger partial charge in [-0.15, -0.1) is 0 Å². The van der Waals surface area contributed by atoms with Crippen molar-refractivity contribution in [2.75, 3.05) is 7.05 Å². The van der Waals surface area contributed by atoms with Crippen LogP contribution in [0.25, 0.3) is 0 Å². The van der Waals surface area contributed by atoms with Gasteiger partial charge < -0.3 is 20.1 Å². The van der Waals surface area contributed by atoms with Crippen molar-refractivity contribution in [2.24, 2.45) is 4.99 Å². The van der Waals surface area contributed by atoms with Crippen molar-refractivity contribution in [3.8, 4) is 11.5 Å². The standard InChI is InChI=1S/C18H19F4N3O2/c1-23-18(24-10-12-5-4-7-14(9-12)26-16(19)20)25-11-13-6-2-3-8-15(13)27-17(21)22/h2-9,16-17H,10-11H2,1H3,(H2,23,24,25). The summed E-state index contributed by atoms with van der Waals surface area (Å²) >= 11 is 0. The number of aliphatic imine (C=N–C) groups is 1. The molecule has 0 aliphatic heterocycles. The number of alkyl halides is 4. The first-order valence-electron chi connectivity index (χ1n) is 7.99. The largest absolute Gasteiger partial charge is 0.435 e. The molecule has 0 fully saturated rings.